The molecule has 2 fully saturated rings. The van der Waals surface area contributed by atoms with Crippen LogP contribution in [0.15, 0.2) is 18.3 Å². The SMILES string of the molecule is COC(=O)[C@H]1C[C@@H](C2CCCCC2)CN(c2nc(C)cc(Nc3ccn[nH]3)n2)C1. The van der Waals surface area contributed by atoms with Crippen molar-refractivity contribution in [3.8, 4) is 0 Å². The maximum atomic E-state index is 12.4. The van der Waals surface area contributed by atoms with Gasteiger partial charge in [-0.25, -0.2) is 4.98 Å². The molecule has 0 bridgehead atoms. The van der Waals surface area contributed by atoms with E-state index in [9.17, 15) is 4.79 Å². The van der Waals surface area contributed by atoms with Crippen LogP contribution >= 0.6 is 0 Å². The van der Waals surface area contributed by atoms with Crippen LogP contribution in [-0.4, -0.2) is 46.3 Å². The van der Waals surface area contributed by atoms with Crippen LogP contribution in [0.2, 0.25) is 0 Å². The van der Waals surface area contributed by atoms with Crippen molar-refractivity contribution < 1.29 is 9.53 Å². The van der Waals surface area contributed by atoms with Crippen molar-refractivity contribution in [2.24, 2.45) is 17.8 Å². The number of esters is 1. The van der Waals surface area contributed by atoms with Gasteiger partial charge in [-0.3, -0.25) is 9.89 Å². The molecular formula is C21H30N6O2. The molecule has 1 aliphatic heterocycles. The first-order chi connectivity index (χ1) is 14.1. The number of rotatable bonds is 5. The number of methoxy groups -OCH3 is 1. The van der Waals surface area contributed by atoms with Crippen molar-refractivity contribution in [1.29, 1.82) is 0 Å². The Morgan fingerprint density at radius 2 is 2.03 bits per heavy atom. The van der Waals surface area contributed by atoms with Gasteiger partial charge in [-0.2, -0.15) is 10.1 Å². The van der Waals surface area contributed by atoms with Gasteiger partial charge in [0.2, 0.25) is 5.95 Å². The predicted molar refractivity (Wildman–Crippen MR) is 111 cm³/mol. The van der Waals surface area contributed by atoms with Gasteiger partial charge in [-0.15, -0.1) is 0 Å². The summed E-state index contributed by atoms with van der Waals surface area (Å²) >= 11 is 0. The number of hydrogen-bond acceptors (Lipinski definition) is 7. The van der Waals surface area contributed by atoms with Crippen molar-refractivity contribution in [3.63, 3.8) is 0 Å². The Labute approximate surface area is 171 Å². The molecule has 0 aromatic carbocycles. The average molecular weight is 399 g/mol. The average Bonchev–Trinajstić information content (AvgIpc) is 3.26. The van der Waals surface area contributed by atoms with Gasteiger partial charge in [0.15, 0.2) is 0 Å². The zero-order valence-corrected chi connectivity index (χ0v) is 17.2. The van der Waals surface area contributed by atoms with Gasteiger partial charge in [-0.1, -0.05) is 32.1 Å². The van der Waals surface area contributed by atoms with Crippen LogP contribution in [0.5, 0.6) is 0 Å². The third-order valence-electron chi connectivity index (χ3n) is 6.22. The maximum Gasteiger partial charge on any atom is 0.310 e. The van der Waals surface area contributed by atoms with Gasteiger partial charge >= 0.3 is 5.97 Å². The highest BCUT2D eigenvalue weighted by Crippen LogP contribution is 2.37. The molecule has 2 aliphatic rings. The number of aryl methyl sites for hydroxylation is 1. The van der Waals surface area contributed by atoms with Gasteiger partial charge in [-0.05, 0) is 25.2 Å². The molecule has 29 heavy (non-hydrogen) atoms. The molecule has 3 heterocycles. The van der Waals surface area contributed by atoms with Gasteiger partial charge in [0.1, 0.15) is 11.6 Å². The fourth-order valence-electron chi connectivity index (χ4n) is 4.81. The van der Waals surface area contributed by atoms with E-state index in [1.165, 1.54) is 39.2 Å². The summed E-state index contributed by atoms with van der Waals surface area (Å²) in [6.07, 6.45) is 9.03. The third kappa shape index (κ3) is 4.68. The van der Waals surface area contributed by atoms with Crippen LogP contribution in [0.25, 0.3) is 0 Å². The fourth-order valence-corrected chi connectivity index (χ4v) is 4.81. The maximum absolute atomic E-state index is 12.4. The topological polar surface area (TPSA) is 96.0 Å². The standard InChI is InChI=1S/C21H30N6O2/c1-14-10-19(24-18-8-9-22-26-18)25-21(23-14)27-12-16(15-6-4-3-5-7-15)11-17(13-27)20(28)29-2/h8-10,15-17H,3-7,11-13H2,1-2H3,(H2,22,23,24,25,26)/t16-,17+/m1/s1. The number of carbonyl (C=O) groups is 1. The van der Waals surface area contributed by atoms with E-state index in [1.54, 1.807) is 6.20 Å². The molecule has 4 rings (SSSR count). The summed E-state index contributed by atoms with van der Waals surface area (Å²) in [6, 6.07) is 3.76. The molecule has 8 nitrogen and oxygen atoms in total. The molecule has 8 heteroatoms. The number of nitrogens with one attached hydrogen (secondary N) is 2. The number of piperidine rings is 1. The summed E-state index contributed by atoms with van der Waals surface area (Å²) in [5, 5.41) is 10.1. The third-order valence-corrected chi connectivity index (χ3v) is 6.22. The minimum Gasteiger partial charge on any atom is -0.469 e. The smallest absolute Gasteiger partial charge is 0.310 e. The van der Waals surface area contributed by atoms with Crippen LogP contribution in [0.1, 0.15) is 44.2 Å². The van der Waals surface area contributed by atoms with E-state index in [-0.39, 0.29) is 11.9 Å². The van der Waals surface area contributed by atoms with Gasteiger partial charge in [0.25, 0.3) is 0 Å². The molecule has 0 radical (unpaired) electrons. The van der Waals surface area contributed by atoms with Crippen LogP contribution in [0.4, 0.5) is 17.6 Å². The Kier molecular flexibility index (Phi) is 5.97. The minimum absolute atomic E-state index is 0.126. The lowest BCUT2D eigenvalue weighted by Crippen LogP contribution is -2.46. The van der Waals surface area contributed by atoms with Gasteiger partial charge in [0, 0.05) is 30.9 Å². The first kappa shape index (κ1) is 19.7. The Bertz CT molecular complexity index is 819. The largest absolute Gasteiger partial charge is 0.469 e. The van der Waals surface area contributed by atoms with Crippen molar-refractivity contribution >= 4 is 23.6 Å². The molecule has 2 aromatic heterocycles. The van der Waals surface area contributed by atoms with Gasteiger partial charge in [0.05, 0.1) is 19.2 Å². The zero-order chi connectivity index (χ0) is 20.2. The Balaban J connectivity index is 1.57. The quantitative estimate of drug-likeness (QED) is 0.745. The van der Waals surface area contributed by atoms with Crippen LogP contribution in [-0.2, 0) is 9.53 Å². The van der Waals surface area contributed by atoms with E-state index in [2.05, 4.69) is 25.4 Å². The first-order valence-electron chi connectivity index (χ1n) is 10.6. The minimum atomic E-state index is -0.131. The summed E-state index contributed by atoms with van der Waals surface area (Å²) < 4.78 is 5.10. The molecule has 1 saturated heterocycles. The molecule has 1 aliphatic carbocycles. The van der Waals surface area contributed by atoms with Crippen molar-refractivity contribution in [2.75, 3.05) is 30.4 Å². The van der Waals surface area contributed by atoms with E-state index < -0.39 is 0 Å². The Morgan fingerprint density at radius 3 is 2.76 bits per heavy atom. The number of nitrogens with zero attached hydrogens (tertiary/aromatic N) is 4. The van der Waals surface area contributed by atoms with Crippen molar-refractivity contribution in [2.45, 2.75) is 45.4 Å². The predicted octanol–water partition coefficient (Wildman–Crippen LogP) is 3.45. The number of H-pyrrole nitrogens is 1. The summed E-state index contributed by atoms with van der Waals surface area (Å²) in [7, 11) is 1.48. The number of ether oxygens (including phenoxy) is 1. The molecule has 2 aromatic rings. The van der Waals surface area contributed by atoms with E-state index in [1.807, 2.05) is 19.1 Å². The van der Waals surface area contributed by atoms with Gasteiger partial charge < -0.3 is 15.0 Å². The van der Waals surface area contributed by atoms with Crippen LogP contribution in [0.3, 0.4) is 0 Å². The Hall–Kier alpha value is -2.64. The Morgan fingerprint density at radius 1 is 1.21 bits per heavy atom. The summed E-state index contributed by atoms with van der Waals surface area (Å²) in [6.45, 7) is 3.46. The van der Waals surface area contributed by atoms with Crippen molar-refractivity contribution in [1.82, 2.24) is 20.2 Å². The van der Waals surface area contributed by atoms with E-state index in [4.69, 9.17) is 9.72 Å². The van der Waals surface area contributed by atoms with Crippen molar-refractivity contribution in [3.05, 3.63) is 24.0 Å². The number of hydrogen-bond donors (Lipinski definition) is 2. The number of aromatic amines is 1. The molecule has 0 amide bonds. The fraction of sp³-hybridized carbons (Fsp3) is 0.619. The summed E-state index contributed by atoms with van der Waals surface area (Å²) in [5.74, 6) is 3.05. The molecular weight excluding hydrogens is 368 g/mol. The second kappa shape index (κ2) is 8.80. The van der Waals surface area contributed by atoms with E-state index >= 15 is 0 Å². The lowest BCUT2D eigenvalue weighted by molar-refractivity contribution is -0.146. The lowest BCUT2D eigenvalue weighted by Gasteiger charge is -2.41. The van der Waals surface area contributed by atoms with E-state index in [0.29, 0.717) is 30.1 Å². The number of aromatic nitrogens is 4. The molecule has 0 spiro atoms. The molecule has 1 saturated carbocycles. The highest BCUT2D eigenvalue weighted by molar-refractivity contribution is 5.73. The second-order valence-electron chi connectivity index (χ2n) is 8.31. The summed E-state index contributed by atoms with van der Waals surface area (Å²) in [5.41, 5.74) is 0.881. The zero-order valence-electron chi connectivity index (χ0n) is 17.2. The molecule has 156 valence electrons. The lowest BCUT2D eigenvalue weighted by atomic mass is 9.74. The van der Waals surface area contributed by atoms with Crippen LogP contribution < -0.4 is 10.2 Å². The van der Waals surface area contributed by atoms with Crippen LogP contribution in [0, 0.1) is 24.7 Å². The van der Waals surface area contributed by atoms with E-state index in [0.717, 1.165) is 24.5 Å². The highest BCUT2D eigenvalue weighted by Gasteiger charge is 2.37. The molecule has 0 unspecified atom stereocenters. The molecule has 2 atom stereocenters. The monoisotopic (exact) mass is 398 g/mol. The first-order valence-corrected chi connectivity index (χ1v) is 10.6. The summed E-state index contributed by atoms with van der Waals surface area (Å²) in [4.78, 5) is 24.0. The second-order valence-corrected chi connectivity index (χ2v) is 8.31. The normalized spacial score (nSPS) is 23.0. The number of carbonyl (C=O) groups excluding carboxylic acids is 1. The molecule has 2 N–H and O–H groups in total. The number of anilines is 3. The highest BCUT2D eigenvalue weighted by atomic mass is 16.5.